The van der Waals surface area contributed by atoms with Gasteiger partial charge in [0.15, 0.2) is 17.7 Å². The van der Waals surface area contributed by atoms with E-state index in [0.717, 1.165) is 11.3 Å². The first kappa shape index (κ1) is 14.9. The van der Waals surface area contributed by atoms with Crippen molar-refractivity contribution in [3.8, 4) is 17.2 Å². The first-order chi connectivity index (χ1) is 10.2. The highest BCUT2D eigenvalue weighted by molar-refractivity contribution is 5.74. The Balaban J connectivity index is 2.43. The Labute approximate surface area is 125 Å². The summed E-state index contributed by atoms with van der Waals surface area (Å²) in [5, 5.41) is 0. The number of hydrogen-bond acceptors (Lipinski definition) is 3. The minimum atomic E-state index is 0.597. The van der Waals surface area contributed by atoms with E-state index in [4.69, 9.17) is 14.2 Å². The first-order valence-electron chi connectivity index (χ1n) is 6.63. The fourth-order valence-corrected chi connectivity index (χ4v) is 2.14. The highest BCUT2D eigenvalue weighted by Gasteiger charge is 2.14. The van der Waals surface area contributed by atoms with Crippen LogP contribution in [0.4, 0.5) is 0 Å². The van der Waals surface area contributed by atoms with E-state index in [1.54, 1.807) is 21.3 Å². The van der Waals surface area contributed by atoms with Gasteiger partial charge in [-0.1, -0.05) is 0 Å². The molecule has 0 amide bonds. The molecule has 0 aliphatic heterocycles. The van der Waals surface area contributed by atoms with Crippen molar-refractivity contribution in [3.63, 3.8) is 0 Å². The predicted molar refractivity (Wildman–Crippen MR) is 82.6 cm³/mol. The molecule has 4 heteroatoms. The van der Waals surface area contributed by atoms with Gasteiger partial charge in [-0.3, -0.25) is 0 Å². The summed E-state index contributed by atoms with van der Waals surface area (Å²) in [5.74, 6) is 1.91. The molecular formula is C17H20NO3+. The molecule has 4 nitrogen and oxygen atoms in total. The van der Waals surface area contributed by atoms with E-state index in [1.165, 1.54) is 0 Å². The first-order valence-corrected chi connectivity index (χ1v) is 6.63. The van der Waals surface area contributed by atoms with Gasteiger partial charge < -0.3 is 14.2 Å². The number of benzene rings is 1. The van der Waals surface area contributed by atoms with Crippen LogP contribution in [-0.2, 0) is 7.05 Å². The molecule has 0 aliphatic rings. The van der Waals surface area contributed by atoms with Gasteiger partial charge in [-0.15, -0.1) is 0 Å². The lowest BCUT2D eigenvalue weighted by molar-refractivity contribution is -0.673. The predicted octanol–water partition coefficient (Wildman–Crippen LogP) is 2.71. The highest BCUT2D eigenvalue weighted by Crippen LogP contribution is 2.40. The summed E-state index contributed by atoms with van der Waals surface area (Å²) in [5.41, 5.74) is 2.02. The zero-order chi connectivity index (χ0) is 15.2. The zero-order valence-corrected chi connectivity index (χ0v) is 12.8. The number of ether oxygens (including phenoxy) is 3. The van der Waals surface area contributed by atoms with Gasteiger partial charge in [0.1, 0.15) is 7.05 Å². The number of pyridine rings is 1. The van der Waals surface area contributed by atoms with Crippen LogP contribution >= 0.6 is 0 Å². The van der Waals surface area contributed by atoms with Crippen LogP contribution in [-0.4, -0.2) is 21.3 Å². The number of hydrogen-bond donors (Lipinski definition) is 0. The minimum Gasteiger partial charge on any atom is -0.493 e. The quantitative estimate of drug-likeness (QED) is 0.792. The van der Waals surface area contributed by atoms with Gasteiger partial charge in [0.25, 0.3) is 0 Å². The van der Waals surface area contributed by atoms with Crippen molar-refractivity contribution >= 4 is 12.2 Å². The van der Waals surface area contributed by atoms with E-state index in [2.05, 4.69) is 0 Å². The van der Waals surface area contributed by atoms with Gasteiger partial charge in [0.05, 0.1) is 21.3 Å². The van der Waals surface area contributed by atoms with Gasteiger partial charge in [-0.2, -0.15) is 0 Å². The Morgan fingerprint density at radius 2 is 1.62 bits per heavy atom. The molecule has 1 aromatic heterocycles. The van der Waals surface area contributed by atoms with Crippen molar-refractivity contribution in [2.24, 2.45) is 7.05 Å². The molecule has 1 aromatic carbocycles. The maximum Gasteiger partial charge on any atom is 0.204 e. The zero-order valence-electron chi connectivity index (χ0n) is 12.8. The van der Waals surface area contributed by atoms with E-state index < -0.39 is 0 Å². The lowest BCUT2D eigenvalue weighted by Crippen LogP contribution is -2.30. The normalized spacial score (nSPS) is 10.7. The topological polar surface area (TPSA) is 31.6 Å². The number of aryl methyl sites for hydroxylation is 1. The average molecular weight is 286 g/mol. The van der Waals surface area contributed by atoms with Crippen molar-refractivity contribution < 1.29 is 18.8 Å². The molecule has 0 aliphatic carbocycles. The summed E-state index contributed by atoms with van der Waals surface area (Å²) < 4.78 is 18.2. The molecule has 0 saturated carbocycles. The van der Waals surface area contributed by atoms with Gasteiger partial charge >= 0.3 is 0 Å². The molecule has 0 radical (unpaired) electrons. The third-order valence-electron chi connectivity index (χ3n) is 3.26. The largest absolute Gasteiger partial charge is 0.493 e. The average Bonchev–Trinajstić information content (AvgIpc) is 2.52. The molecule has 0 N–H and O–H groups in total. The molecule has 1 heterocycles. The molecule has 21 heavy (non-hydrogen) atoms. The van der Waals surface area contributed by atoms with Gasteiger partial charge in [0.2, 0.25) is 11.4 Å². The molecule has 0 atom stereocenters. The fraction of sp³-hybridized carbons (Fsp3) is 0.235. The van der Waals surface area contributed by atoms with Crippen molar-refractivity contribution in [2.75, 3.05) is 21.3 Å². The molecule has 2 rings (SSSR count). The highest BCUT2D eigenvalue weighted by atomic mass is 16.5. The third-order valence-corrected chi connectivity index (χ3v) is 3.26. The van der Waals surface area contributed by atoms with Crippen molar-refractivity contribution in [3.05, 3.63) is 47.8 Å². The number of nitrogens with zero attached hydrogens (tertiary/aromatic N) is 1. The summed E-state index contributed by atoms with van der Waals surface area (Å²) in [7, 11) is 6.84. The Hall–Kier alpha value is -2.49. The molecule has 0 bridgehead atoms. The lowest BCUT2D eigenvalue weighted by atomic mass is 10.1. The summed E-state index contributed by atoms with van der Waals surface area (Å²) in [6, 6.07) is 9.86. The minimum absolute atomic E-state index is 0.597. The second kappa shape index (κ2) is 6.79. The number of aromatic nitrogens is 1. The van der Waals surface area contributed by atoms with Crippen LogP contribution in [0.2, 0.25) is 0 Å². The second-order valence-corrected chi connectivity index (χ2v) is 4.49. The van der Waals surface area contributed by atoms with Crippen LogP contribution in [0.25, 0.3) is 12.2 Å². The molecule has 0 unspecified atom stereocenters. The molecule has 0 saturated heterocycles. The van der Waals surface area contributed by atoms with E-state index in [-0.39, 0.29) is 0 Å². The van der Waals surface area contributed by atoms with E-state index >= 15 is 0 Å². The Morgan fingerprint density at radius 1 is 0.857 bits per heavy atom. The maximum absolute atomic E-state index is 5.47. The molecule has 0 spiro atoms. The standard InChI is InChI=1S/C17H20NO3/c1-18-12-6-5-7-14(18)10-8-13-9-11-15(19-2)17(21-4)16(13)20-3/h5-12H,1-4H3/q+1/b10-8+. The van der Waals surface area contributed by atoms with Crippen LogP contribution in [0, 0.1) is 0 Å². The molecule has 0 fully saturated rings. The second-order valence-electron chi connectivity index (χ2n) is 4.49. The lowest BCUT2D eigenvalue weighted by Gasteiger charge is -2.13. The van der Waals surface area contributed by atoms with Crippen LogP contribution in [0.3, 0.4) is 0 Å². The van der Waals surface area contributed by atoms with Crippen LogP contribution in [0.15, 0.2) is 36.5 Å². The SMILES string of the molecule is COc1ccc(/C=C/c2cccc[n+]2C)c(OC)c1OC. The molecular weight excluding hydrogens is 266 g/mol. The van der Waals surface area contributed by atoms with Gasteiger partial charge in [0, 0.05) is 23.8 Å². The Morgan fingerprint density at radius 3 is 2.24 bits per heavy atom. The van der Waals surface area contributed by atoms with Gasteiger partial charge in [-0.25, -0.2) is 4.57 Å². The van der Waals surface area contributed by atoms with E-state index in [0.29, 0.717) is 17.2 Å². The van der Waals surface area contributed by atoms with Crippen molar-refractivity contribution in [1.82, 2.24) is 0 Å². The van der Waals surface area contributed by atoms with E-state index in [1.807, 2.05) is 60.3 Å². The summed E-state index contributed by atoms with van der Waals surface area (Å²) in [6.45, 7) is 0. The Bertz CT molecular complexity index is 650. The molecule has 2 aromatic rings. The smallest absolute Gasteiger partial charge is 0.204 e. The van der Waals surface area contributed by atoms with Gasteiger partial charge in [-0.05, 0) is 24.3 Å². The van der Waals surface area contributed by atoms with Crippen LogP contribution in [0.5, 0.6) is 17.2 Å². The Kier molecular flexibility index (Phi) is 4.82. The number of rotatable bonds is 5. The summed E-state index contributed by atoms with van der Waals surface area (Å²) in [4.78, 5) is 0. The summed E-state index contributed by atoms with van der Waals surface area (Å²) in [6.07, 6.45) is 6.03. The monoisotopic (exact) mass is 286 g/mol. The summed E-state index contributed by atoms with van der Waals surface area (Å²) >= 11 is 0. The van der Waals surface area contributed by atoms with Crippen LogP contribution in [0.1, 0.15) is 11.3 Å². The number of methoxy groups -OCH3 is 3. The van der Waals surface area contributed by atoms with E-state index in [9.17, 15) is 0 Å². The maximum atomic E-state index is 5.47. The molecule has 110 valence electrons. The van der Waals surface area contributed by atoms with Crippen molar-refractivity contribution in [1.29, 1.82) is 0 Å². The third kappa shape index (κ3) is 3.16. The van der Waals surface area contributed by atoms with Crippen LogP contribution < -0.4 is 18.8 Å². The van der Waals surface area contributed by atoms with Crippen molar-refractivity contribution in [2.45, 2.75) is 0 Å². The fourth-order valence-electron chi connectivity index (χ4n) is 2.14.